The Kier molecular flexibility index (Phi) is 2.50. The molecule has 0 unspecified atom stereocenters. The van der Waals surface area contributed by atoms with E-state index in [9.17, 15) is 13.6 Å². The summed E-state index contributed by atoms with van der Waals surface area (Å²) in [5.74, 6) is -1.51. The summed E-state index contributed by atoms with van der Waals surface area (Å²) in [6.45, 7) is 3.51. The van der Waals surface area contributed by atoms with Crippen LogP contribution in [0.5, 0.6) is 0 Å². The zero-order valence-corrected chi connectivity index (χ0v) is 9.03. The third-order valence-corrected chi connectivity index (χ3v) is 2.71. The summed E-state index contributed by atoms with van der Waals surface area (Å²) in [4.78, 5) is 14.7. The molecule has 0 atom stereocenters. The van der Waals surface area contributed by atoms with Crippen molar-refractivity contribution in [2.45, 2.75) is 20.3 Å². The molecular formula is C12H11F2NO. The lowest BCUT2D eigenvalue weighted by Gasteiger charge is -2.06. The summed E-state index contributed by atoms with van der Waals surface area (Å²) in [5, 5.41) is -0.0731. The first-order chi connectivity index (χ1) is 7.54. The number of fused-ring (bicyclic) bond motifs is 1. The lowest BCUT2D eigenvalue weighted by molar-refractivity contribution is 0.591. The van der Waals surface area contributed by atoms with Gasteiger partial charge in [0.2, 0.25) is 0 Å². The third kappa shape index (κ3) is 1.50. The van der Waals surface area contributed by atoms with E-state index in [1.165, 1.54) is 0 Å². The molecule has 0 aliphatic carbocycles. The summed E-state index contributed by atoms with van der Waals surface area (Å²) < 4.78 is 26.5. The molecule has 0 radical (unpaired) electrons. The highest BCUT2D eigenvalue weighted by atomic mass is 19.1. The van der Waals surface area contributed by atoms with Gasteiger partial charge in [0.05, 0.1) is 10.9 Å². The molecule has 0 saturated carbocycles. The number of hydrogen-bond donors (Lipinski definition) is 1. The summed E-state index contributed by atoms with van der Waals surface area (Å²) in [6, 6.07) is 1.86. The lowest BCUT2D eigenvalue weighted by atomic mass is 10.1. The topological polar surface area (TPSA) is 32.9 Å². The minimum atomic E-state index is -0.818. The highest BCUT2D eigenvalue weighted by molar-refractivity contribution is 5.80. The second-order valence-corrected chi connectivity index (χ2v) is 3.72. The van der Waals surface area contributed by atoms with Crippen LogP contribution in [0.3, 0.4) is 0 Å². The Balaban J connectivity index is 2.99. The average molecular weight is 223 g/mol. The second-order valence-electron chi connectivity index (χ2n) is 3.72. The monoisotopic (exact) mass is 223 g/mol. The maximum atomic E-state index is 13.5. The van der Waals surface area contributed by atoms with Crippen molar-refractivity contribution in [2.75, 3.05) is 0 Å². The van der Waals surface area contributed by atoms with Gasteiger partial charge in [-0.1, -0.05) is 6.92 Å². The maximum absolute atomic E-state index is 13.5. The van der Waals surface area contributed by atoms with Crippen molar-refractivity contribution in [1.29, 1.82) is 0 Å². The molecule has 1 aromatic heterocycles. The Hall–Kier alpha value is -1.71. The standard InChI is InChI=1S/C12H11F2NO/c1-3-9-6(2)12(16)11-8(14)4-7(13)5-10(11)15-9/h4-5H,3H2,1-2H3,(H,15,16). The molecule has 2 aromatic rings. The van der Waals surface area contributed by atoms with Crippen LogP contribution in [0.2, 0.25) is 0 Å². The number of nitrogens with one attached hydrogen (secondary N) is 1. The Morgan fingerprint density at radius 1 is 1.31 bits per heavy atom. The summed E-state index contributed by atoms with van der Waals surface area (Å²) >= 11 is 0. The summed E-state index contributed by atoms with van der Waals surface area (Å²) in [6.07, 6.45) is 0.620. The zero-order valence-electron chi connectivity index (χ0n) is 9.03. The smallest absolute Gasteiger partial charge is 0.195 e. The Morgan fingerprint density at radius 3 is 2.62 bits per heavy atom. The molecule has 0 aliphatic heterocycles. The first-order valence-electron chi connectivity index (χ1n) is 5.05. The Morgan fingerprint density at radius 2 is 2.00 bits per heavy atom. The highest BCUT2D eigenvalue weighted by Crippen LogP contribution is 2.16. The van der Waals surface area contributed by atoms with Crippen LogP contribution in [-0.4, -0.2) is 4.98 Å². The van der Waals surface area contributed by atoms with Crippen LogP contribution in [-0.2, 0) is 6.42 Å². The van der Waals surface area contributed by atoms with Crippen LogP contribution >= 0.6 is 0 Å². The van der Waals surface area contributed by atoms with Crippen molar-refractivity contribution in [3.63, 3.8) is 0 Å². The van der Waals surface area contributed by atoms with E-state index >= 15 is 0 Å². The van der Waals surface area contributed by atoms with Gasteiger partial charge in [-0.25, -0.2) is 8.78 Å². The molecule has 84 valence electrons. The molecule has 0 amide bonds. The van der Waals surface area contributed by atoms with Crippen LogP contribution in [0, 0.1) is 18.6 Å². The Bertz CT molecular complexity index is 616. The van der Waals surface area contributed by atoms with Gasteiger partial charge in [-0.05, 0) is 19.4 Å². The predicted octanol–water partition coefficient (Wildman–Crippen LogP) is 2.68. The van der Waals surface area contributed by atoms with E-state index in [2.05, 4.69) is 4.98 Å². The minimum absolute atomic E-state index is 0.0731. The molecule has 1 N–H and O–H groups in total. The highest BCUT2D eigenvalue weighted by Gasteiger charge is 2.12. The number of rotatable bonds is 1. The SMILES string of the molecule is CCc1[nH]c2cc(F)cc(F)c2c(=O)c1C. The number of aromatic nitrogens is 1. The van der Waals surface area contributed by atoms with Gasteiger partial charge in [0, 0.05) is 17.3 Å². The number of benzene rings is 1. The molecule has 0 spiro atoms. The fourth-order valence-electron chi connectivity index (χ4n) is 1.84. The molecule has 1 aromatic carbocycles. The van der Waals surface area contributed by atoms with E-state index in [0.29, 0.717) is 17.7 Å². The maximum Gasteiger partial charge on any atom is 0.195 e. The van der Waals surface area contributed by atoms with Crippen LogP contribution in [0.15, 0.2) is 16.9 Å². The van der Waals surface area contributed by atoms with Gasteiger partial charge in [0.25, 0.3) is 0 Å². The van der Waals surface area contributed by atoms with Gasteiger partial charge in [-0.2, -0.15) is 0 Å². The molecular weight excluding hydrogens is 212 g/mol. The quantitative estimate of drug-likeness (QED) is 0.792. The van der Waals surface area contributed by atoms with Crippen molar-refractivity contribution in [3.8, 4) is 0 Å². The predicted molar refractivity (Wildman–Crippen MR) is 58.6 cm³/mol. The summed E-state index contributed by atoms with van der Waals surface area (Å²) in [5.41, 5.74) is 1.04. The van der Waals surface area contributed by atoms with Gasteiger partial charge in [-0.15, -0.1) is 0 Å². The fraction of sp³-hybridized carbons (Fsp3) is 0.250. The minimum Gasteiger partial charge on any atom is -0.358 e. The zero-order chi connectivity index (χ0) is 11.9. The van der Waals surface area contributed by atoms with E-state index in [1.807, 2.05) is 6.92 Å². The van der Waals surface area contributed by atoms with E-state index < -0.39 is 11.6 Å². The molecule has 1 heterocycles. The molecule has 0 saturated heterocycles. The lowest BCUT2D eigenvalue weighted by Crippen LogP contribution is -2.12. The molecule has 4 heteroatoms. The fourth-order valence-corrected chi connectivity index (χ4v) is 1.84. The molecule has 0 bridgehead atoms. The van der Waals surface area contributed by atoms with Crippen molar-refractivity contribution in [3.05, 3.63) is 45.2 Å². The van der Waals surface area contributed by atoms with Crippen molar-refractivity contribution < 1.29 is 8.78 Å². The number of pyridine rings is 1. The van der Waals surface area contributed by atoms with Gasteiger partial charge in [0.1, 0.15) is 11.6 Å². The van der Waals surface area contributed by atoms with Gasteiger partial charge < -0.3 is 4.98 Å². The number of halogens is 2. The number of H-pyrrole nitrogens is 1. The van der Waals surface area contributed by atoms with Crippen molar-refractivity contribution >= 4 is 10.9 Å². The van der Waals surface area contributed by atoms with E-state index in [0.717, 1.165) is 12.1 Å². The first kappa shape index (κ1) is 10.8. The number of hydrogen-bond acceptors (Lipinski definition) is 1. The average Bonchev–Trinajstić information content (AvgIpc) is 2.22. The van der Waals surface area contributed by atoms with Gasteiger partial charge >= 0.3 is 0 Å². The van der Waals surface area contributed by atoms with Crippen molar-refractivity contribution in [2.24, 2.45) is 0 Å². The third-order valence-electron chi connectivity index (χ3n) is 2.71. The molecule has 16 heavy (non-hydrogen) atoms. The largest absolute Gasteiger partial charge is 0.358 e. The molecule has 2 nitrogen and oxygen atoms in total. The summed E-state index contributed by atoms with van der Waals surface area (Å²) in [7, 11) is 0. The number of aryl methyl sites for hydroxylation is 1. The number of aromatic amines is 1. The first-order valence-corrected chi connectivity index (χ1v) is 5.05. The van der Waals surface area contributed by atoms with Gasteiger partial charge in [-0.3, -0.25) is 4.79 Å². The normalized spacial score (nSPS) is 11.0. The van der Waals surface area contributed by atoms with Crippen molar-refractivity contribution in [1.82, 2.24) is 4.98 Å². The van der Waals surface area contributed by atoms with Crippen LogP contribution in [0.4, 0.5) is 8.78 Å². The van der Waals surface area contributed by atoms with Crippen LogP contribution in [0.25, 0.3) is 10.9 Å². The van der Waals surface area contributed by atoms with Gasteiger partial charge in [0.15, 0.2) is 5.43 Å². The molecule has 0 fully saturated rings. The van der Waals surface area contributed by atoms with E-state index in [4.69, 9.17) is 0 Å². The van der Waals surface area contributed by atoms with Crippen LogP contribution < -0.4 is 5.43 Å². The second kappa shape index (κ2) is 3.70. The van der Waals surface area contributed by atoms with E-state index in [-0.39, 0.29) is 16.3 Å². The Labute approximate surface area is 90.9 Å². The van der Waals surface area contributed by atoms with E-state index in [1.54, 1.807) is 6.92 Å². The van der Waals surface area contributed by atoms with Crippen LogP contribution in [0.1, 0.15) is 18.2 Å². The molecule has 0 aliphatic rings. The molecule has 2 rings (SSSR count).